The molecule has 96 valence electrons. The van der Waals surface area contributed by atoms with Crippen LogP contribution in [-0.4, -0.2) is 29.2 Å². The first kappa shape index (κ1) is 12.2. The van der Waals surface area contributed by atoms with Crippen LogP contribution in [0.5, 0.6) is 0 Å². The van der Waals surface area contributed by atoms with E-state index in [9.17, 15) is 22.8 Å². The van der Waals surface area contributed by atoms with Crippen LogP contribution in [-0.2, 0) is 9.59 Å². The summed E-state index contributed by atoms with van der Waals surface area (Å²) in [6.45, 7) is 1.15. The number of carbonyl (C=O) groups excluding carboxylic acids is 1. The lowest BCUT2D eigenvalue weighted by Gasteiger charge is -2.72. The molecule has 0 saturated heterocycles. The van der Waals surface area contributed by atoms with Crippen molar-refractivity contribution in [2.75, 3.05) is 0 Å². The van der Waals surface area contributed by atoms with Crippen LogP contribution in [0, 0.1) is 10.8 Å². The number of hydrogen-bond acceptors (Lipinski definition) is 2. The number of alkyl halides is 3. The van der Waals surface area contributed by atoms with E-state index in [1.165, 1.54) is 0 Å². The first-order valence-corrected chi connectivity index (χ1v) is 5.19. The second kappa shape index (κ2) is 3.14. The Kier molecular flexibility index (Phi) is 2.25. The Morgan fingerprint density at radius 2 is 1.76 bits per heavy atom. The van der Waals surface area contributed by atoms with E-state index in [2.05, 4.69) is 5.32 Å². The van der Waals surface area contributed by atoms with E-state index in [4.69, 9.17) is 5.11 Å². The zero-order chi connectivity index (χ0) is 13.1. The van der Waals surface area contributed by atoms with Crippen LogP contribution in [0.1, 0.15) is 26.2 Å². The molecule has 17 heavy (non-hydrogen) atoms. The largest absolute Gasteiger partial charge is 0.480 e. The maximum Gasteiger partial charge on any atom is 0.394 e. The van der Waals surface area contributed by atoms with E-state index >= 15 is 0 Å². The predicted molar refractivity (Wildman–Crippen MR) is 50.0 cm³/mol. The van der Waals surface area contributed by atoms with E-state index in [1.807, 2.05) is 0 Å². The van der Waals surface area contributed by atoms with Gasteiger partial charge in [-0.3, -0.25) is 4.79 Å². The molecule has 0 heterocycles. The minimum Gasteiger partial charge on any atom is -0.480 e. The highest BCUT2D eigenvalue weighted by molar-refractivity contribution is 5.83. The molecule has 0 aromatic heterocycles. The van der Waals surface area contributed by atoms with Gasteiger partial charge in [0.15, 0.2) is 0 Å². The monoisotopic (exact) mass is 251 g/mol. The average molecular weight is 251 g/mol. The van der Waals surface area contributed by atoms with Crippen LogP contribution in [0.4, 0.5) is 13.2 Å². The number of amides is 1. The normalized spacial score (nSPS) is 36.5. The molecular formula is C10H12F3NO3. The molecular weight excluding hydrogens is 239 g/mol. The number of nitrogens with one attached hydrogen (secondary N) is 1. The van der Waals surface area contributed by atoms with Crippen molar-refractivity contribution in [3.05, 3.63) is 0 Å². The Balaban J connectivity index is 2.08. The molecule has 1 amide bonds. The summed E-state index contributed by atoms with van der Waals surface area (Å²) in [5.74, 6) is -1.81. The van der Waals surface area contributed by atoms with Gasteiger partial charge in [0, 0.05) is 12.3 Å². The molecule has 0 unspecified atom stereocenters. The van der Waals surface area contributed by atoms with Crippen molar-refractivity contribution in [3.63, 3.8) is 0 Å². The fourth-order valence-corrected chi connectivity index (χ4v) is 3.15. The van der Waals surface area contributed by atoms with E-state index in [0.717, 1.165) is 6.92 Å². The minimum absolute atomic E-state index is 0.194. The van der Waals surface area contributed by atoms with Gasteiger partial charge >= 0.3 is 12.1 Å². The smallest absolute Gasteiger partial charge is 0.394 e. The molecule has 2 bridgehead atoms. The van der Waals surface area contributed by atoms with Crippen molar-refractivity contribution < 1.29 is 27.9 Å². The van der Waals surface area contributed by atoms with Crippen molar-refractivity contribution >= 4 is 11.9 Å². The zero-order valence-electron chi connectivity index (χ0n) is 9.10. The van der Waals surface area contributed by atoms with Crippen LogP contribution in [0.2, 0.25) is 0 Å². The summed E-state index contributed by atoms with van der Waals surface area (Å²) in [6, 6.07) is -1.20. The lowest BCUT2D eigenvalue weighted by Crippen LogP contribution is -2.75. The maximum atomic E-state index is 12.6. The molecule has 0 aromatic carbocycles. The molecule has 2 N–H and O–H groups in total. The van der Waals surface area contributed by atoms with Gasteiger partial charge in [0.25, 0.3) is 0 Å². The summed E-state index contributed by atoms with van der Waals surface area (Å²) in [5.41, 5.74) is -2.59. The number of hydrogen-bond donors (Lipinski definition) is 2. The molecule has 3 rings (SSSR count). The lowest BCUT2D eigenvalue weighted by molar-refractivity contribution is -0.367. The maximum absolute atomic E-state index is 12.6. The second-order valence-corrected chi connectivity index (χ2v) is 5.14. The Morgan fingerprint density at radius 1 is 1.29 bits per heavy atom. The molecule has 3 aliphatic rings. The van der Waals surface area contributed by atoms with Crippen LogP contribution >= 0.6 is 0 Å². The van der Waals surface area contributed by atoms with Gasteiger partial charge in [-0.2, -0.15) is 13.2 Å². The molecule has 7 heteroatoms. The predicted octanol–water partition coefficient (Wildman–Crippen LogP) is 1.31. The molecule has 0 aliphatic heterocycles. The minimum atomic E-state index is -4.27. The summed E-state index contributed by atoms with van der Waals surface area (Å²) in [6.07, 6.45) is -4.85. The highest BCUT2D eigenvalue weighted by Gasteiger charge is 2.81. The molecule has 3 saturated carbocycles. The summed E-state index contributed by atoms with van der Waals surface area (Å²) in [7, 11) is 0. The van der Waals surface area contributed by atoms with Crippen molar-refractivity contribution in [2.45, 2.75) is 38.4 Å². The molecule has 4 nitrogen and oxygen atoms in total. The number of carbonyl (C=O) groups is 2. The zero-order valence-corrected chi connectivity index (χ0v) is 9.10. The standard InChI is InChI=1S/C10H12F3NO3/c1-5(15)14-6(7(16)17)8-2-9(3-8,4-8)10(11,12)13/h6H,2-4H2,1H3,(H,14,15)(H,16,17)/t6-,8?,9?/m0/s1. The molecule has 0 radical (unpaired) electrons. The lowest BCUT2D eigenvalue weighted by atomic mass is 9.33. The molecule has 1 atom stereocenters. The Hall–Kier alpha value is -1.27. The van der Waals surface area contributed by atoms with Gasteiger partial charge < -0.3 is 10.4 Å². The third-order valence-corrected chi connectivity index (χ3v) is 3.88. The van der Waals surface area contributed by atoms with Gasteiger partial charge in [0.2, 0.25) is 5.91 Å². The van der Waals surface area contributed by atoms with Crippen molar-refractivity contribution in [1.29, 1.82) is 0 Å². The first-order chi connectivity index (χ1) is 7.62. The fraction of sp³-hybridized carbons (Fsp3) is 0.800. The summed E-state index contributed by atoms with van der Waals surface area (Å²) < 4.78 is 37.8. The van der Waals surface area contributed by atoms with Gasteiger partial charge in [-0.1, -0.05) is 0 Å². The van der Waals surface area contributed by atoms with Gasteiger partial charge in [-0.05, 0) is 19.3 Å². The highest BCUT2D eigenvalue weighted by Crippen LogP contribution is 2.79. The Bertz CT molecular complexity index is 371. The van der Waals surface area contributed by atoms with E-state index in [-0.39, 0.29) is 19.3 Å². The number of aliphatic carboxylic acids is 1. The summed E-state index contributed by atoms with van der Waals surface area (Å²) in [4.78, 5) is 21.8. The van der Waals surface area contributed by atoms with Crippen molar-refractivity contribution in [1.82, 2.24) is 5.32 Å². The topological polar surface area (TPSA) is 66.4 Å². The third-order valence-electron chi connectivity index (χ3n) is 3.88. The van der Waals surface area contributed by atoms with E-state index in [1.54, 1.807) is 0 Å². The van der Waals surface area contributed by atoms with Gasteiger partial charge in [-0.25, -0.2) is 4.79 Å². The Labute approximate surface area is 95.2 Å². The summed E-state index contributed by atoms with van der Waals surface area (Å²) >= 11 is 0. The van der Waals surface area contributed by atoms with Crippen LogP contribution in [0.3, 0.4) is 0 Å². The third kappa shape index (κ3) is 1.51. The number of rotatable bonds is 3. The van der Waals surface area contributed by atoms with Gasteiger partial charge in [0.1, 0.15) is 6.04 Å². The van der Waals surface area contributed by atoms with E-state index < -0.39 is 34.9 Å². The average Bonchev–Trinajstić information content (AvgIpc) is 1.92. The van der Waals surface area contributed by atoms with Crippen molar-refractivity contribution in [3.8, 4) is 0 Å². The Morgan fingerprint density at radius 3 is 2.06 bits per heavy atom. The van der Waals surface area contributed by atoms with E-state index in [0.29, 0.717) is 0 Å². The first-order valence-electron chi connectivity index (χ1n) is 5.19. The summed E-state index contributed by atoms with van der Waals surface area (Å²) in [5, 5.41) is 11.2. The van der Waals surface area contributed by atoms with Crippen LogP contribution < -0.4 is 5.32 Å². The SMILES string of the molecule is CC(=O)N[C@@H](C(=O)O)C12CC(C(F)(F)F)(C1)C2. The molecule has 3 fully saturated rings. The second-order valence-electron chi connectivity index (χ2n) is 5.14. The van der Waals surface area contributed by atoms with Crippen LogP contribution in [0.25, 0.3) is 0 Å². The number of carboxylic acids is 1. The van der Waals surface area contributed by atoms with Crippen LogP contribution in [0.15, 0.2) is 0 Å². The van der Waals surface area contributed by atoms with Crippen molar-refractivity contribution in [2.24, 2.45) is 10.8 Å². The highest BCUT2D eigenvalue weighted by atomic mass is 19.4. The molecule has 0 aromatic rings. The molecule has 0 spiro atoms. The number of carboxylic acid groups (broad SMARTS) is 1. The fourth-order valence-electron chi connectivity index (χ4n) is 3.15. The van der Waals surface area contributed by atoms with Gasteiger partial charge in [0.05, 0.1) is 5.41 Å². The number of halogens is 3. The quantitative estimate of drug-likeness (QED) is 0.794. The van der Waals surface area contributed by atoms with Gasteiger partial charge in [-0.15, -0.1) is 0 Å². The molecule has 3 aliphatic carbocycles.